The molecule has 106 valence electrons. The predicted octanol–water partition coefficient (Wildman–Crippen LogP) is 2.30. The number of esters is 1. The molecule has 0 aliphatic rings. The molecule has 0 saturated heterocycles. The monoisotopic (exact) mass is 265 g/mol. The zero-order chi connectivity index (χ0) is 14.3. The summed E-state index contributed by atoms with van der Waals surface area (Å²) < 4.78 is 10.7. The van der Waals surface area contributed by atoms with Crippen LogP contribution in [0.3, 0.4) is 0 Å². The van der Waals surface area contributed by atoms with E-state index in [0.29, 0.717) is 18.8 Å². The van der Waals surface area contributed by atoms with Crippen LogP contribution in [0.4, 0.5) is 0 Å². The lowest BCUT2D eigenvalue weighted by atomic mass is 10.1. The maximum atomic E-state index is 11.7. The quantitative estimate of drug-likeness (QED) is 0.768. The molecule has 2 atom stereocenters. The second-order valence-electron chi connectivity index (χ2n) is 4.60. The van der Waals surface area contributed by atoms with Crippen molar-refractivity contribution >= 4 is 5.97 Å². The number of benzene rings is 1. The molecule has 0 aliphatic carbocycles. The normalized spacial score (nSPS) is 13.7. The highest BCUT2D eigenvalue weighted by Gasteiger charge is 2.19. The molecule has 4 nitrogen and oxygen atoms in total. The lowest BCUT2D eigenvalue weighted by Crippen LogP contribution is -2.28. The summed E-state index contributed by atoms with van der Waals surface area (Å²) in [5, 5.41) is 0. The highest BCUT2D eigenvalue weighted by Crippen LogP contribution is 2.17. The zero-order valence-electron chi connectivity index (χ0n) is 11.9. The molecule has 0 fully saturated rings. The Kier molecular flexibility index (Phi) is 6.36. The van der Waals surface area contributed by atoms with Gasteiger partial charge in [0.25, 0.3) is 0 Å². The summed E-state index contributed by atoms with van der Waals surface area (Å²) in [6.45, 7) is 6.01. The van der Waals surface area contributed by atoms with Gasteiger partial charge < -0.3 is 15.2 Å². The number of ether oxygens (including phenoxy) is 2. The standard InChI is InChI=1S/C15H23NO3/c1-4-14(15(17)18-5-2)19-13-8-6-7-12(10-13)9-11(3)16/h6-8,10-11,14H,4-5,9,16H2,1-3H3. The largest absolute Gasteiger partial charge is 0.479 e. The summed E-state index contributed by atoms with van der Waals surface area (Å²) in [7, 11) is 0. The highest BCUT2D eigenvalue weighted by molar-refractivity contribution is 5.75. The summed E-state index contributed by atoms with van der Waals surface area (Å²) in [6.07, 6.45) is 0.814. The van der Waals surface area contributed by atoms with E-state index in [1.165, 1.54) is 0 Å². The van der Waals surface area contributed by atoms with E-state index in [1.54, 1.807) is 6.92 Å². The van der Waals surface area contributed by atoms with Crippen molar-refractivity contribution in [2.75, 3.05) is 6.61 Å². The summed E-state index contributed by atoms with van der Waals surface area (Å²) in [5.41, 5.74) is 6.88. The fourth-order valence-corrected chi connectivity index (χ4v) is 1.82. The van der Waals surface area contributed by atoms with Gasteiger partial charge in [0.15, 0.2) is 6.10 Å². The van der Waals surface area contributed by atoms with E-state index in [1.807, 2.05) is 38.1 Å². The summed E-state index contributed by atoms with van der Waals surface area (Å²) in [4.78, 5) is 11.7. The molecule has 0 spiro atoms. The fourth-order valence-electron chi connectivity index (χ4n) is 1.82. The maximum absolute atomic E-state index is 11.7. The van der Waals surface area contributed by atoms with E-state index >= 15 is 0 Å². The van der Waals surface area contributed by atoms with Crippen molar-refractivity contribution < 1.29 is 14.3 Å². The van der Waals surface area contributed by atoms with Crippen LogP contribution in [-0.4, -0.2) is 24.7 Å². The first-order valence-electron chi connectivity index (χ1n) is 6.74. The van der Waals surface area contributed by atoms with Gasteiger partial charge >= 0.3 is 5.97 Å². The molecule has 1 aromatic rings. The smallest absolute Gasteiger partial charge is 0.347 e. The van der Waals surface area contributed by atoms with Crippen molar-refractivity contribution in [1.29, 1.82) is 0 Å². The summed E-state index contributed by atoms with van der Waals surface area (Å²) in [5.74, 6) is 0.362. The van der Waals surface area contributed by atoms with Crippen molar-refractivity contribution in [2.24, 2.45) is 5.73 Å². The van der Waals surface area contributed by atoms with Crippen molar-refractivity contribution in [1.82, 2.24) is 0 Å². The van der Waals surface area contributed by atoms with Gasteiger partial charge in [0.2, 0.25) is 0 Å². The highest BCUT2D eigenvalue weighted by atomic mass is 16.6. The van der Waals surface area contributed by atoms with Crippen LogP contribution in [0, 0.1) is 0 Å². The van der Waals surface area contributed by atoms with Gasteiger partial charge in [-0.15, -0.1) is 0 Å². The molecule has 19 heavy (non-hydrogen) atoms. The molecule has 4 heteroatoms. The first kappa shape index (κ1) is 15.5. The van der Waals surface area contributed by atoms with E-state index in [0.717, 1.165) is 12.0 Å². The molecule has 0 heterocycles. The third-order valence-electron chi connectivity index (χ3n) is 2.65. The van der Waals surface area contributed by atoms with Gasteiger partial charge in [-0.25, -0.2) is 4.79 Å². The molecule has 2 unspecified atom stereocenters. The zero-order valence-corrected chi connectivity index (χ0v) is 11.9. The van der Waals surface area contributed by atoms with Crippen LogP contribution in [0.2, 0.25) is 0 Å². The van der Waals surface area contributed by atoms with Crippen LogP contribution in [0.1, 0.15) is 32.8 Å². The van der Waals surface area contributed by atoms with Crippen molar-refractivity contribution in [3.8, 4) is 5.75 Å². The summed E-state index contributed by atoms with van der Waals surface area (Å²) >= 11 is 0. The molecule has 0 radical (unpaired) electrons. The second-order valence-corrected chi connectivity index (χ2v) is 4.60. The molecule has 0 bridgehead atoms. The average molecular weight is 265 g/mol. The Morgan fingerprint density at radius 1 is 1.37 bits per heavy atom. The van der Waals surface area contributed by atoms with Crippen molar-refractivity contribution in [3.63, 3.8) is 0 Å². The number of rotatable bonds is 7. The van der Waals surface area contributed by atoms with Gasteiger partial charge in [-0.1, -0.05) is 19.1 Å². The Bertz CT molecular complexity index is 404. The first-order chi connectivity index (χ1) is 9.06. The Labute approximate surface area is 114 Å². The van der Waals surface area contributed by atoms with Crippen LogP contribution in [0.15, 0.2) is 24.3 Å². The lowest BCUT2D eigenvalue weighted by molar-refractivity contribution is -0.151. The number of nitrogens with two attached hydrogens (primary N) is 1. The van der Waals surface area contributed by atoms with Crippen molar-refractivity contribution in [3.05, 3.63) is 29.8 Å². The minimum atomic E-state index is -0.550. The van der Waals surface area contributed by atoms with E-state index in [4.69, 9.17) is 15.2 Å². The minimum Gasteiger partial charge on any atom is -0.479 e. The number of hydrogen-bond donors (Lipinski definition) is 1. The number of carbonyl (C=O) groups excluding carboxylic acids is 1. The van der Waals surface area contributed by atoms with Gasteiger partial charge in [-0.3, -0.25) is 0 Å². The molecule has 0 amide bonds. The van der Waals surface area contributed by atoms with Crippen LogP contribution < -0.4 is 10.5 Å². The van der Waals surface area contributed by atoms with E-state index in [2.05, 4.69) is 0 Å². The lowest BCUT2D eigenvalue weighted by Gasteiger charge is -2.16. The summed E-state index contributed by atoms with van der Waals surface area (Å²) in [6, 6.07) is 7.77. The first-order valence-corrected chi connectivity index (χ1v) is 6.74. The molecular formula is C15H23NO3. The SMILES string of the molecule is CCOC(=O)C(CC)Oc1cccc(CC(C)N)c1. The topological polar surface area (TPSA) is 61.5 Å². The fraction of sp³-hybridized carbons (Fsp3) is 0.533. The van der Waals surface area contributed by atoms with Crippen LogP contribution in [0.5, 0.6) is 5.75 Å². The van der Waals surface area contributed by atoms with Gasteiger partial charge in [-0.05, 0) is 44.4 Å². The van der Waals surface area contributed by atoms with Crippen LogP contribution in [0.25, 0.3) is 0 Å². The molecule has 1 aromatic carbocycles. The molecule has 0 aromatic heterocycles. The molecule has 2 N–H and O–H groups in total. The Balaban J connectivity index is 2.71. The maximum Gasteiger partial charge on any atom is 0.347 e. The van der Waals surface area contributed by atoms with E-state index < -0.39 is 6.10 Å². The van der Waals surface area contributed by atoms with Crippen LogP contribution in [-0.2, 0) is 16.0 Å². The Hall–Kier alpha value is -1.55. The molecule has 0 aliphatic heterocycles. The molecule has 0 saturated carbocycles. The minimum absolute atomic E-state index is 0.0993. The van der Waals surface area contributed by atoms with Crippen LogP contribution >= 0.6 is 0 Å². The molecular weight excluding hydrogens is 242 g/mol. The predicted molar refractivity (Wildman–Crippen MR) is 75.1 cm³/mol. The average Bonchev–Trinajstić information content (AvgIpc) is 2.35. The van der Waals surface area contributed by atoms with Gasteiger partial charge in [0.1, 0.15) is 5.75 Å². The molecule has 1 rings (SSSR count). The number of carbonyl (C=O) groups is 1. The van der Waals surface area contributed by atoms with E-state index in [-0.39, 0.29) is 12.0 Å². The van der Waals surface area contributed by atoms with Gasteiger partial charge in [0.05, 0.1) is 6.61 Å². The third-order valence-corrected chi connectivity index (χ3v) is 2.65. The third kappa shape index (κ3) is 5.30. The number of hydrogen-bond acceptors (Lipinski definition) is 4. The second kappa shape index (κ2) is 7.79. The van der Waals surface area contributed by atoms with Gasteiger partial charge in [0, 0.05) is 6.04 Å². The van der Waals surface area contributed by atoms with Crippen molar-refractivity contribution in [2.45, 2.75) is 45.8 Å². The van der Waals surface area contributed by atoms with Gasteiger partial charge in [-0.2, -0.15) is 0 Å². The van der Waals surface area contributed by atoms with E-state index in [9.17, 15) is 4.79 Å². The Morgan fingerprint density at radius 3 is 2.68 bits per heavy atom. The Morgan fingerprint density at radius 2 is 2.11 bits per heavy atom.